The molecule has 1 aromatic rings. The lowest BCUT2D eigenvalue weighted by atomic mass is 9.77. The average molecular weight is 238 g/mol. The topological polar surface area (TPSA) is 46.5 Å². The van der Waals surface area contributed by atoms with Crippen molar-refractivity contribution in [3.8, 4) is 0 Å². The van der Waals surface area contributed by atoms with Crippen molar-refractivity contribution in [2.75, 3.05) is 0 Å². The van der Waals surface area contributed by atoms with Gasteiger partial charge in [0.05, 0.1) is 18.6 Å². The number of ether oxygens (including phenoxy) is 1. The molecule has 1 N–H and O–H groups in total. The van der Waals surface area contributed by atoms with Gasteiger partial charge < -0.3 is 9.84 Å². The van der Waals surface area contributed by atoms with E-state index in [0.29, 0.717) is 5.56 Å². The van der Waals surface area contributed by atoms with Gasteiger partial charge in [-0.3, -0.25) is 4.79 Å². The van der Waals surface area contributed by atoms with Crippen LogP contribution in [0.25, 0.3) is 0 Å². The largest absolute Gasteiger partial charge is 0.481 e. The third kappa shape index (κ3) is 2.82. The van der Waals surface area contributed by atoms with Gasteiger partial charge in [-0.1, -0.05) is 18.2 Å². The van der Waals surface area contributed by atoms with E-state index < -0.39 is 11.6 Å². The fourth-order valence-corrected chi connectivity index (χ4v) is 2.07. The van der Waals surface area contributed by atoms with Crippen molar-refractivity contribution >= 4 is 5.97 Å². The summed E-state index contributed by atoms with van der Waals surface area (Å²) in [4.78, 5) is 10.7. The Bertz CT molecular complexity index is 413. The molecule has 17 heavy (non-hydrogen) atoms. The molecular formula is C13H15FO3. The van der Waals surface area contributed by atoms with Crippen molar-refractivity contribution in [3.05, 3.63) is 35.6 Å². The van der Waals surface area contributed by atoms with Crippen LogP contribution < -0.4 is 0 Å². The van der Waals surface area contributed by atoms with Crippen LogP contribution in [0, 0.1) is 5.82 Å². The Morgan fingerprint density at radius 1 is 1.41 bits per heavy atom. The standard InChI is InChI=1S/C13H15FO3/c14-11-5-2-1-4-10(11)9-17-13(6-3-7-13)8-12(15)16/h1-2,4-5H,3,6-9H2,(H,15,16). The minimum absolute atomic E-state index is 0.00144. The van der Waals surface area contributed by atoms with Crippen molar-refractivity contribution in [2.45, 2.75) is 37.9 Å². The molecule has 92 valence electrons. The van der Waals surface area contributed by atoms with E-state index in [9.17, 15) is 9.18 Å². The Hall–Kier alpha value is -1.42. The maximum Gasteiger partial charge on any atom is 0.306 e. The summed E-state index contributed by atoms with van der Waals surface area (Å²) in [5.74, 6) is -1.17. The van der Waals surface area contributed by atoms with Crippen molar-refractivity contribution < 1.29 is 19.0 Å². The van der Waals surface area contributed by atoms with Gasteiger partial charge in [0.1, 0.15) is 5.82 Å². The summed E-state index contributed by atoms with van der Waals surface area (Å²) < 4.78 is 19.0. The van der Waals surface area contributed by atoms with E-state index in [1.54, 1.807) is 18.2 Å². The molecule has 1 aliphatic carbocycles. The van der Waals surface area contributed by atoms with Crippen LogP contribution in [0.2, 0.25) is 0 Å². The summed E-state index contributed by atoms with van der Waals surface area (Å²) in [5.41, 5.74) is -0.0992. The second-order valence-electron chi connectivity index (χ2n) is 4.49. The maximum atomic E-state index is 13.4. The fraction of sp³-hybridized carbons (Fsp3) is 0.462. The molecule has 2 rings (SSSR count). The summed E-state index contributed by atoms with van der Waals surface area (Å²) in [6.45, 7) is 0.139. The van der Waals surface area contributed by atoms with Crippen LogP contribution >= 0.6 is 0 Å². The second kappa shape index (κ2) is 4.84. The molecule has 0 heterocycles. The zero-order chi connectivity index (χ0) is 12.3. The monoisotopic (exact) mass is 238 g/mol. The first-order valence-electron chi connectivity index (χ1n) is 5.70. The lowest BCUT2D eigenvalue weighted by molar-refractivity contribution is -0.156. The molecule has 0 amide bonds. The van der Waals surface area contributed by atoms with Crippen molar-refractivity contribution in [1.82, 2.24) is 0 Å². The Morgan fingerprint density at radius 3 is 2.65 bits per heavy atom. The van der Waals surface area contributed by atoms with Crippen LogP contribution in [0.15, 0.2) is 24.3 Å². The van der Waals surface area contributed by atoms with Gasteiger partial charge in [0.2, 0.25) is 0 Å². The van der Waals surface area contributed by atoms with Crippen LogP contribution in [0.1, 0.15) is 31.2 Å². The molecule has 1 aliphatic rings. The minimum Gasteiger partial charge on any atom is -0.481 e. The predicted molar refractivity (Wildman–Crippen MR) is 60.0 cm³/mol. The van der Waals surface area contributed by atoms with Gasteiger partial charge in [0.15, 0.2) is 0 Å². The van der Waals surface area contributed by atoms with Crippen LogP contribution in [0.5, 0.6) is 0 Å². The van der Waals surface area contributed by atoms with Crippen LogP contribution in [-0.4, -0.2) is 16.7 Å². The molecule has 0 unspecified atom stereocenters. The zero-order valence-corrected chi connectivity index (χ0v) is 9.49. The maximum absolute atomic E-state index is 13.4. The third-order valence-electron chi connectivity index (χ3n) is 3.23. The molecule has 0 aromatic heterocycles. The summed E-state index contributed by atoms with van der Waals surface area (Å²) in [7, 11) is 0. The Labute approximate surface area is 99.2 Å². The van der Waals surface area contributed by atoms with Crippen LogP contribution in [0.4, 0.5) is 4.39 Å². The lowest BCUT2D eigenvalue weighted by Crippen LogP contribution is -2.42. The molecular weight excluding hydrogens is 223 g/mol. The average Bonchev–Trinajstić information content (AvgIpc) is 2.23. The molecule has 1 fully saturated rings. The SMILES string of the molecule is O=C(O)CC1(OCc2ccccc2F)CCC1. The summed E-state index contributed by atoms with van der Waals surface area (Å²) in [6, 6.07) is 6.40. The highest BCUT2D eigenvalue weighted by molar-refractivity contribution is 5.68. The number of benzene rings is 1. The first kappa shape index (κ1) is 12.0. The van der Waals surface area contributed by atoms with Gasteiger partial charge in [0, 0.05) is 5.56 Å². The molecule has 0 spiro atoms. The van der Waals surface area contributed by atoms with Gasteiger partial charge in [-0.15, -0.1) is 0 Å². The van der Waals surface area contributed by atoms with E-state index in [-0.39, 0.29) is 18.8 Å². The first-order valence-corrected chi connectivity index (χ1v) is 5.70. The van der Waals surface area contributed by atoms with Crippen molar-refractivity contribution in [2.24, 2.45) is 0 Å². The number of hydrogen-bond donors (Lipinski definition) is 1. The number of halogens is 1. The van der Waals surface area contributed by atoms with Gasteiger partial charge in [0.25, 0.3) is 0 Å². The van der Waals surface area contributed by atoms with Crippen LogP contribution in [0.3, 0.4) is 0 Å². The number of hydrogen-bond acceptors (Lipinski definition) is 2. The fourth-order valence-electron chi connectivity index (χ4n) is 2.07. The zero-order valence-electron chi connectivity index (χ0n) is 9.49. The first-order chi connectivity index (χ1) is 8.11. The second-order valence-corrected chi connectivity index (χ2v) is 4.49. The minimum atomic E-state index is -0.863. The highest BCUT2D eigenvalue weighted by atomic mass is 19.1. The molecule has 0 radical (unpaired) electrons. The molecule has 0 bridgehead atoms. The Morgan fingerprint density at radius 2 is 2.12 bits per heavy atom. The van der Waals surface area contributed by atoms with Gasteiger partial charge >= 0.3 is 5.97 Å². The third-order valence-corrected chi connectivity index (χ3v) is 3.23. The van der Waals surface area contributed by atoms with E-state index in [4.69, 9.17) is 9.84 Å². The predicted octanol–water partition coefficient (Wildman–Crippen LogP) is 2.74. The van der Waals surface area contributed by atoms with E-state index in [1.165, 1.54) is 6.07 Å². The van der Waals surface area contributed by atoms with E-state index >= 15 is 0 Å². The number of aliphatic carboxylic acids is 1. The highest BCUT2D eigenvalue weighted by Gasteiger charge is 2.40. The molecule has 0 saturated heterocycles. The molecule has 1 saturated carbocycles. The number of carboxylic acids is 1. The molecule has 0 atom stereocenters. The normalized spacial score (nSPS) is 17.5. The molecule has 0 aliphatic heterocycles. The van der Waals surface area contributed by atoms with Gasteiger partial charge in [-0.05, 0) is 25.3 Å². The number of rotatable bonds is 5. The summed E-state index contributed by atoms with van der Waals surface area (Å²) in [6.07, 6.45) is 2.47. The number of carboxylic acid groups (broad SMARTS) is 1. The summed E-state index contributed by atoms with van der Waals surface area (Å²) in [5, 5.41) is 8.81. The Kier molecular flexibility index (Phi) is 3.43. The smallest absolute Gasteiger partial charge is 0.306 e. The van der Waals surface area contributed by atoms with Gasteiger partial charge in [-0.25, -0.2) is 4.39 Å². The number of carbonyl (C=O) groups is 1. The highest BCUT2D eigenvalue weighted by Crippen LogP contribution is 2.39. The van der Waals surface area contributed by atoms with E-state index in [2.05, 4.69) is 0 Å². The van der Waals surface area contributed by atoms with Crippen molar-refractivity contribution in [3.63, 3.8) is 0 Å². The van der Waals surface area contributed by atoms with Gasteiger partial charge in [-0.2, -0.15) is 0 Å². The Balaban J connectivity index is 1.97. The lowest BCUT2D eigenvalue weighted by Gasteiger charge is -2.40. The molecule has 3 nitrogen and oxygen atoms in total. The molecule has 4 heteroatoms. The summed E-state index contributed by atoms with van der Waals surface area (Å²) >= 11 is 0. The van der Waals surface area contributed by atoms with E-state index in [1.807, 2.05) is 0 Å². The van der Waals surface area contributed by atoms with E-state index in [0.717, 1.165) is 19.3 Å². The van der Waals surface area contributed by atoms with Crippen molar-refractivity contribution in [1.29, 1.82) is 0 Å². The van der Waals surface area contributed by atoms with Crippen LogP contribution in [-0.2, 0) is 16.1 Å². The quantitative estimate of drug-likeness (QED) is 0.857. The molecule has 1 aromatic carbocycles.